The van der Waals surface area contributed by atoms with E-state index in [4.69, 9.17) is 0 Å². The van der Waals surface area contributed by atoms with Crippen molar-refractivity contribution in [3.8, 4) is 0 Å². The largest absolute Gasteiger partial charge is 0.305 e. The lowest BCUT2D eigenvalue weighted by molar-refractivity contribution is 0.233. The molecule has 5 heteroatoms. The van der Waals surface area contributed by atoms with Crippen molar-refractivity contribution >= 4 is 10.0 Å². The molecule has 1 N–H and O–H groups in total. The lowest BCUT2D eigenvalue weighted by atomic mass is 10.0. The summed E-state index contributed by atoms with van der Waals surface area (Å²) in [5.74, 6) is 0.579. The molecule has 0 saturated heterocycles. The highest BCUT2D eigenvalue weighted by Crippen LogP contribution is 2.06. The molecule has 0 aromatic carbocycles. The maximum atomic E-state index is 11.2. The first-order chi connectivity index (χ1) is 6.30. The van der Waals surface area contributed by atoms with Gasteiger partial charge in [-0.1, -0.05) is 13.8 Å². The van der Waals surface area contributed by atoms with Crippen LogP contribution in [0.1, 0.15) is 20.8 Å². The van der Waals surface area contributed by atoms with Crippen LogP contribution >= 0.6 is 0 Å². The Morgan fingerprint density at radius 1 is 1.29 bits per heavy atom. The molecule has 4 nitrogen and oxygen atoms in total. The fourth-order valence-electron chi connectivity index (χ4n) is 1.33. The van der Waals surface area contributed by atoms with Gasteiger partial charge in [-0.3, -0.25) is 0 Å². The molecular formula is C9H22N2O2S. The van der Waals surface area contributed by atoms with Gasteiger partial charge in [0.1, 0.15) is 0 Å². The predicted molar refractivity (Wildman–Crippen MR) is 59.8 cm³/mol. The van der Waals surface area contributed by atoms with E-state index in [1.54, 1.807) is 6.92 Å². The van der Waals surface area contributed by atoms with E-state index < -0.39 is 10.0 Å². The van der Waals surface area contributed by atoms with E-state index in [2.05, 4.69) is 18.6 Å². The molecule has 0 aromatic heterocycles. The van der Waals surface area contributed by atoms with Gasteiger partial charge in [-0.05, 0) is 26.9 Å². The summed E-state index contributed by atoms with van der Waals surface area (Å²) in [5, 5.41) is 0. The van der Waals surface area contributed by atoms with Crippen LogP contribution in [0, 0.1) is 5.92 Å². The van der Waals surface area contributed by atoms with Crippen molar-refractivity contribution in [2.75, 3.05) is 26.4 Å². The molecule has 0 radical (unpaired) electrons. The molecule has 0 aliphatic heterocycles. The maximum Gasteiger partial charge on any atom is 0.211 e. The third kappa shape index (κ3) is 4.93. The number of likely N-dealkylation sites (N-methyl/N-ethyl adjacent to an activating group) is 1. The molecule has 86 valence electrons. The van der Waals surface area contributed by atoms with Gasteiger partial charge in [0.05, 0.1) is 5.75 Å². The predicted octanol–water partition coefficient (Wildman–Crippen LogP) is 0.512. The van der Waals surface area contributed by atoms with E-state index in [9.17, 15) is 8.42 Å². The highest BCUT2D eigenvalue weighted by Gasteiger charge is 2.17. The minimum atomic E-state index is -3.06. The van der Waals surface area contributed by atoms with Crippen molar-refractivity contribution in [1.82, 2.24) is 9.62 Å². The number of rotatable bonds is 6. The Morgan fingerprint density at radius 2 is 1.79 bits per heavy atom. The average Bonchev–Trinajstić information content (AvgIpc) is 2.03. The molecule has 0 spiro atoms. The van der Waals surface area contributed by atoms with Crippen LogP contribution in [0.25, 0.3) is 0 Å². The Hall–Kier alpha value is -0.130. The summed E-state index contributed by atoms with van der Waals surface area (Å²) in [4.78, 5) is 2.04. The van der Waals surface area contributed by atoms with Crippen LogP contribution in [0.5, 0.6) is 0 Å². The molecule has 0 bridgehead atoms. The minimum absolute atomic E-state index is 0.144. The highest BCUT2D eigenvalue weighted by molar-refractivity contribution is 7.89. The first kappa shape index (κ1) is 13.9. The molecule has 0 amide bonds. The monoisotopic (exact) mass is 222 g/mol. The van der Waals surface area contributed by atoms with Crippen LogP contribution in [0.4, 0.5) is 0 Å². The summed E-state index contributed by atoms with van der Waals surface area (Å²) < 4.78 is 25.0. The lowest BCUT2D eigenvalue weighted by Gasteiger charge is -2.27. The zero-order valence-electron chi connectivity index (χ0n) is 9.74. The van der Waals surface area contributed by atoms with E-state index in [0.29, 0.717) is 12.5 Å². The molecular weight excluding hydrogens is 200 g/mol. The number of hydrogen-bond donors (Lipinski definition) is 1. The molecule has 1 unspecified atom stereocenters. The van der Waals surface area contributed by atoms with Crippen LogP contribution < -0.4 is 4.72 Å². The molecule has 0 aliphatic carbocycles. The van der Waals surface area contributed by atoms with E-state index in [-0.39, 0.29) is 11.8 Å². The van der Waals surface area contributed by atoms with Gasteiger partial charge >= 0.3 is 0 Å². The SMILES string of the molecule is CCS(=O)(=O)NCC(C(C)C)N(C)C. The molecule has 0 rings (SSSR count). The van der Waals surface area contributed by atoms with Crippen molar-refractivity contribution in [2.45, 2.75) is 26.8 Å². The summed E-state index contributed by atoms with van der Waals surface area (Å²) in [7, 11) is 0.868. The Morgan fingerprint density at radius 3 is 2.07 bits per heavy atom. The summed E-state index contributed by atoms with van der Waals surface area (Å²) in [6.07, 6.45) is 0. The van der Waals surface area contributed by atoms with Crippen LogP contribution in [0.15, 0.2) is 0 Å². The second-order valence-corrected chi connectivity index (χ2v) is 6.12. The Bertz CT molecular complexity index is 240. The van der Waals surface area contributed by atoms with E-state index in [1.807, 2.05) is 19.0 Å². The van der Waals surface area contributed by atoms with Gasteiger partial charge in [0.15, 0.2) is 0 Å². The molecule has 1 atom stereocenters. The van der Waals surface area contributed by atoms with Crippen LogP contribution in [0.2, 0.25) is 0 Å². The summed E-state index contributed by atoms with van der Waals surface area (Å²) in [6.45, 7) is 6.30. The summed E-state index contributed by atoms with van der Waals surface area (Å²) >= 11 is 0. The molecule has 0 saturated carbocycles. The summed E-state index contributed by atoms with van der Waals surface area (Å²) in [5.41, 5.74) is 0. The van der Waals surface area contributed by atoms with Crippen LogP contribution in [0.3, 0.4) is 0 Å². The summed E-state index contributed by atoms with van der Waals surface area (Å²) in [6, 6.07) is 0.247. The van der Waals surface area contributed by atoms with Crippen molar-refractivity contribution < 1.29 is 8.42 Å². The van der Waals surface area contributed by atoms with Crippen molar-refractivity contribution in [1.29, 1.82) is 0 Å². The molecule has 0 fully saturated rings. The fraction of sp³-hybridized carbons (Fsp3) is 1.00. The zero-order chi connectivity index (χ0) is 11.4. The average molecular weight is 222 g/mol. The smallest absolute Gasteiger partial charge is 0.211 e. The van der Waals surface area contributed by atoms with Gasteiger partial charge in [-0.25, -0.2) is 13.1 Å². The minimum Gasteiger partial charge on any atom is -0.305 e. The van der Waals surface area contributed by atoms with Gasteiger partial charge in [-0.2, -0.15) is 0 Å². The fourth-order valence-corrected chi connectivity index (χ4v) is 1.96. The third-order valence-electron chi connectivity index (χ3n) is 2.33. The molecule has 0 aromatic rings. The Kier molecular flexibility index (Phi) is 5.63. The Labute approximate surface area is 87.7 Å². The lowest BCUT2D eigenvalue weighted by Crippen LogP contribution is -2.43. The topological polar surface area (TPSA) is 49.4 Å². The molecule has 0 aliphatic rings. The zero-order valence-corrected chi connectivity index (χ0v) is 10.6. The van der Waals surface area contributed by atoms with Gasteiger partial charge in [0, 0.05) is 12.6 Å². The quantitative estimate of drug-likeness (QED) is 0.712. The number of nitrogens with zero attached hydrogens (tertiary/aromatic N) is 1. The number of hydrogen-bond acceptors (Lipinski definition) is 3. The first-order valence-corrected chi connectivity index (χ1v) is 6.59. The normalized spacial score (nSPS) is 15.1. The Balaban J connectivity index is 4.21. The van der Waals surface area contributed by atoms with Crippen LogP contribution in [-0.2, 0) is 10.0 Å². The van der Waals surface area contributed by atoms with Gasteiger partial charge in [-0.15, -0.1) is 0 Å². The van der Waals surface area contributed by atoms with Gasteiger partial charge in [0.25, 0.3) is 0 Å². The van der Waals surface area contributed by atoms with E-state index in [0.717, 1.165) is 0 Å². The van der Waals surface area contributed by atoms with Gasteiger partial charge < -0.3 is 4.90 Å². The second kappa shape index (κ2) is 5.68. The molecule has 0 heterocycles. The van der Waals surface area contributed by atoms with Crippen molar-refractivity contribution in [2.24, 2.45) is 5.92 Å². The number of sulfonamides is 1. The number of nitrogens with one attached hydrogen (secondary N) is 1. The van der Waals surface area contributed by atoms with E-state index in [1.165, 1.54) is 0 Å². The maximum absolute atomic E-state index is 11.2. The second-order valence-electron chi connectivity index (χ2n) is 4.03. The van der Waals surface area contributed by atoms with Gasteiger partial charge in [0.2, 0.25) is 10.0 Å². The van der Waals surface area contributed by atoms with Crippen LogP contribution in [-0.4, -0.2) is 45.8 Å². The standard InChI is InChI=1S/C9H22N2O2S/c1-6-14(12,13)10-7-9(8(2)3)11(4)5/h8-10H,6-7H2,1-5H3. The van der Waals surface area contributed by atoms with E-state index >= 15 is 0 Å². The first-order valence-electron chi connectivity index (χ1n) is 4.94. The van der Waals surface area contributed by atoms with Crippen molar-refractivity contribution in [3.05, 3.63) is 0 Å². The highest BCUT2D eigenvalue weighted by atomic mass is 32.2. The van der Waals surface area contributed by atoms with Crippen molar-refractivity contribution in [3.63, 3.8) is 0 Å². The molecule has 14 heavy (non-hydrogen) atoms. The third-order valence-corrected chi connectivity index (χ3v) is 3.69.